The van der Waals surface area contributed by atoms with Crippen molar-refractivity contribution in [3.8, 4) is 16.9 Å². The van der Waals surface area contributed by atoms with Crippen LogP contribution in [-0.4, -0.2) is 31.8 Å². The molecular weight excluding hydrogens is 320 g/mol. The van der Waals surface area contributed by atoms with Crippen LogP contribution in [0.15, 0.2) is 48.5 Å². The van der Waals surface area contributed by atoms with Crippen LogP contribution < -0.4 is 4.74 Å². The molecular formula is C20H22O5. The maximum atomic E-state index is 11.9. The summed E-state index contributed by atoms with van der Waals surface area (Å²) in [5.74, 6) is 0.00658. The summed E-state index contributed by atoms with van der Waals surface area (Å²) in [5, 5.41) is 0. The first-order valence-corrected chi connectivity index (χ1v) is 8.24. The zero-order chi connectivity index (χ0) is 18.1. The van der Waals surface area contributed by atoms with Crippen molar-refractivity contribution in [3.05, 3.63) is 54.1 Å². The zero-order valence-corrected chi connectivity index (χ0v) is 14.5. The lowest BCUT2D eigenvalue weighted by Gasteiger charge is -2.08. The first kappa shape index (κ1) is 18.5. The predicted molar refractivity (Wildman–Crippen MR) is 94.6 cm³/mol. The van der Waals surface area contributed by atoms with Gasteiger partial charge in [0, 0.05) is 6.92 Å². The van der Waals surface area contributed by atoms with Gasteiger partial charge in [-0.1, -0.05) is 31.2 Å². The Balaban J connectivity index is 1.92. The summed E-state index contributed by atoms with van der Waals surface area (Å²) < 4.78 is 15.3. The lowest BCUT2D eigenvalue weighted by Crippen LogP contribution is -2.12. The molecule has 0 atom stereocenters. The topological polar surface area (TPSA) is 61.8 Å². The van der Waals surface area contributed by atoms with Gasteiger partial charge >= 0.3 is 11.9 Å². The van der Waals surface area contributed by atoms with Gasteiger partial charge in [-0.25, -0.2) is 4.79 Å². The van der Waals surface area contributed by atoms with Crippen molar-refractivity contribution in [1.82, 2.24) is 0 Å². The summed E-state index contributed by atoms with van der Waals surface area (Å²) in [7, 11) is 0. The molecule has 2 aromatic rings. The fourth-order valence-corrected chi connectivity index (χ4v) is 2.17. The number of hydrogen-bond acceptors (Lipinski definition) is 5. The van der Waals surface area contributed by atoms with Crippen molar-refractivity contribution in [3.63, 3.8) is 0 Å². The quantitative estimate of drug-likeness (QED) is 0.538. The third kappa shape index (κ3) is 5.95. The first-order chi connectivity index (χ1) is 12.1. The molecule has 132 valence electrons. The standard InChI is InChI=1S/C20H22O5/c1-3-12-24-19-10-8-17(9-11-19)16-4-6-18(7-5-16)20(22)25-14-13-23-15(2)21/h4-11H,3,12-14H2,1-2H3. The van der Waals surface area contributed by atoms with Gasteiger partial charge < -0.3 is 14.2 Å². The molecule has 0 spiro atoms. The van der Waals surface area contributed by atoms with E-state index in [1.165, 1.54) is 6.92 Å². The highest BCUT2D eigenvalue weighted by Gasteiger charge is 2.08. The van der Waals surface area contributed by atoms with Gasteiger partial charge in [0.25, 0.3) is 0 Å². The van der Waals surface area contributed by atoms with E-state index in [4.69, 9.17) is 14.2 Å². The second-order valence-electron chi connectivity index (χ2n) is 5.43. The summed E-state index contributed by atoms with van der Waals surface area (Å²) in [6, 6.07) is 15.0. The van der Waals surface area contributed by atoms with Crippen LogP contribution in [0.3, 0.4) is 0 Å². The largest absolute Gasteiger partial charge is 0.494 e. The zero-order valence-electron chi connectivity index (χ0n) is 14.5. The van der Waals surface area contributed by atoms with Gasteiger partial charge in [-0.15, -0.1) is 0 Å². The minimum Gasteiger partial charge on any atom is -0.494 e. The number of rotatable bonds is 8. The van der Waals surface area contributed by atoms with Gasteiger partial charge in [0.2, 0.25) is 0 Å². The number of esters is 2. The average molecular weight is 342 g/mol. The highest BCUT2D eigenvalue weighted by Crippen LogP contribution is 2.23. The summed E-state index contributed by atoms with van der Waals surface area (Å²) in [5.41, 5.74) is 2.49. The molecule has 25 heavy (non-hydrogen) atoms. The smallest absolute Gasteiger partial charge is 0.338 e. The van der Waals surface area contributed by atoms with Crippen molar-refractivity contribution in [2.24, 2.45) is 0 Å². The van der Waals surface area contributed by atoms with Crippen LogP contribution in [0, 0.1) is 0 Å². The van der Waals surface area contributed by atoms with Gasteiger partial charge in [-0.05, 0) is 41.8 Å². The summed E-state index contributed by atoms with van der Waals surface area (Å²) in [6.45, 7) is 4.18. The van der Waals surface area contributed by atoms with E-state index in [2.05, 4.69) is 6.92 Å². The van der Waals surface area contributed by atoms with Crippen molar-refractivity contribution >= 4 is 11.9 Å². The molecule has 5 heteroatoms. The fraction of sp³-hybridized carbons (Fsp3) is 0.300. The third-order valence-electron chi connectivity index (χ3n) is 3.40. The Bertz CT molecular complexity index is 689. The molecule has 0 fully saturated rings. The minimum absolute atomic E-state index is 0.0411. The van der Waals surface area contributed by atoms with Crippen molar-refractivity contribution < 1.29 is 23.8 Å². The molecule has 0 aliphatic heterocycles. The summed E-state index contributed by atoms with van der Waals surface area (Å²) >= 11 is 0. The predicted octanol–water partition coefficient (Wildman–Crippen LogP) is 3.86. The second-order valence-corrected chi connectivity index (χ2v) is 5.43. The monoisotopic (exact) mass is 342 g/mol. The number of carbonyl (C=O) groups is 2. The third-order valence-corrected chi connectivity index (χ3v) is 3.40. The summed E-state index contributed by atoms with van der Waals surface area (Å²) in [4.78, 5) is 22.5. The molecule has 0 amide bonds. The lowest BCUT2D eigenvalue weighted by atomic mass is 10.0. The molecule has 0 N–H and O–H groups in total. The Morgan fingerprint density at radius 3 is 1.92 bits per heavy atom. The van der Waals surface area contributed by atoms with E-state index in [0.717, 1.165) is 23.3 Å². The SMILES string of the molecule is CCCOc1ccc(-c2ccc(C(=O)OCCOC(C)=O)cc2)cc1. The molecule has 2 aromatic carbocycles. The number of hydrogen-bond donors (Lipinski definition) is 0. The molecule has 5 nitrogen and oxygen atoms in total. The summed E-state index contributed by atoms with van der Waals surface area (Å²) in [6.07, 6.45) is 0.972. The Morgan fingerprint density at radius 2 is 1.36 bits per heavy atom. The van der Waals surface area contributed by atoms with E-state index in [1.807, 2.05) is 36.4 Å². The van der Waals surface area contributed by atoms with Crippen molar-refractivity contribution in [1.29, 1.82) is 0 Å². The van der Waals surface area contributed by atoms with Crippen LogP contribution in [0.1, 0.15) is 30.6 Å². The molecule has 0 radical (unpaired) electrons. The fourth-order valence-electron chi connectivity index (χ4n) is 2.17. The van der Waals surface area contributed by atoms with E-state index < -0.39 is 11.9 Å². The molecule has 0 aromatic heterocycles. The molecule has 2 rings (SSSR count). The maximum Gasteiger partial charge on any atom is 0.338 e. The van der Waals surface area contributed by atoms with Crippen molar-refractivity contribution in [2.75, 3.05) is 19.8 Å². The van der Waals surface area contributed by atoms with Gasteiger partial charge in [-0.2, -0.15) is 0 Å². The molecule has 0 saturated carbocycles. The van der Waals surface area contributed by atoms with Crippen molar-refractivity contribution in [2.45, 2.75) is 20.3 Å². The molecule has 0 unspecified atom stereocenters. The normalized spacial score (nSPS) is 10.2. The molecule has 0 aliphatic rings. The van der Waals surface area contributed by atoms with E-state index in [0.29, 0.717) is 12.2 Å². The number of carbonyl (C=O) groups excluding carboxylic acids is 2. The lowest BCUT2D eigenvalue weighted by molar-refractivity contribution is -0.142. The van der Waals surface area contributed by atoms with Gasteiger partial charge in [0.1, 0.15) is 19.0 Å². The average Bonchev–Trinajstić information content (AvgIpc) is 2.64. The van der Waals surface area contributed by atoms with Crippen LogP contribution >= 0.6 is 0 Å². The Morgan fingerprint density at radius 1 is 0.800 bits per heavy atom. The van der Waals surface area contributed by atoms with Gasteiger partial charge in [0.15, 0.2) is 0 Å². The van der Waals surface area contributed by atoms with E-state index >= 15 is 0 Å². The van der Waals surface area contributed by atoms with Crippen LogP contribution in [0.2, 0.25) is 0 Å². The second kappa shape index (κ2) is 9.47. The Kier molecular flexibility index (Phi) is 7.01. The first-order valence-electron chi connectivity index (χ1n) is 8.24. The van der Waals surface area contributed by atoms with E-state index in [9.17, 15) is 9.59 Å². The Hall–Kier alpha value is -2.82. The van der Waals surface area contributed by atoms with Crippen LogP contribution in [-0.2, 0) is 14.3 Å². The highest BCUT2D eigenvalue weighted by atomic mass is 16.6. The van der Waals surface area contributed by atoms with Gasteiger partial charge in [0.05, 0.1) is 12.2 Å². The van der Waals surface area contributed by atoms with E-state index in [1.54, 1.807) is 12.1 Å². The number of ether oxygens (including phenoxy) is 3. The molecule has 0 heterocycles. The molecule has 0 bridgehead atoms. The van der Waals surface area contributed by atoms with Crippen LogP contribution in [0.4, 0.5) is 0 Å². The Labute approximate surface area is 147 Å². The van der Waals surface area contributed by atoms with Crippen LogP contribution in [0.5, 0.6) is 5.75 Å². The molecule has 0 aliphatic carbocycles. The molecule has 0 saturated heterocycles. The maximum absolute atomic E-state index is 11.9. The minimum atomic E-state index is -0.443. The highest BCUT2D eigenvalue weighted by molar-refractivity contribution is 5.90. The number of benzene rings is 2. The van der Waals surface area contributed by atoms with Gasteiger partial charge in [-0.3, -0.25) is 4.79 Å². The van der Waals surface area contributed by atoms with Crippen LogP contribution in [0.25, 0.3) is 11.1 Å². The van der Waals surface area contributed by atoms with E-state index in [-0.39, 0.29) is 13.2 Å².